The third-order valence-corrected chi connectivity index (χ3v) is 0.742. The van der Waals surface area contributed by atoms with Crippen LogP contribution in [0.15, 0.2) is 5.11 Å². The summed E-state index contributed by atoms with van der Waals surface area (Å²) in [5.41, 5.74) is 7.96. The number of nitrogens with zero attached hydrogens (tertiary/aromatic N) is 3. The summed E-state index contributed by atoms with van der Waals surface area (Å²) in [5.74, 6) is 2.05. The van der Waals surface area contributed by atoms with Gasteiger partial charge in [0, 0.05) is 4.91 Å². The molecular formula is C9H15N3O4Rf2-4. The predicted octanol–water partition coefficient (Wildman–Crippen LogP) is 2.35. The maximum Gasteiger partial charge on any atom is 0.234 e. The van der Waals surface area contributed by atoms with Crippen molar-refractivity contribution in [2.24, 2.45) is 5.11 Å². The van der Waals surface area contributed by atoms with E-state index in [1.807, 2.05) is 0 Å². The Bertz CT molecular complexity index is 246. The molecule has 0 rings (SSSR count). The standard InChI is InChI=1S/C5H5N3O3.C2H5O.C2H5.2Rf/c1-3-4-5(10-2,11-9)7-8-6;1-3-2;1-2;;/h9H,1-2H2;1H2,2H3;1H2,2H3;;/q-2;2*-1;;. The quantitative estimate of drug-likeness (QED) is 0.0699. The van der Waals surface area contributed by atoms with E-state index in [-0.39, 0.29) is 0 Å². The minimum absolute atomic E-state index is 0. The van der Waals surface area contributed by atoms with E-state index >= 15 is 0 Å². The molecular weight excluding hydrogens is 748 g/mol. The molecule has 0 saturated heterocycles. The van der Waals surface area contributed by atoms with E-state index in [1.54, 1.807) is 6.92 Å². The van der Waals surface area contributed by atoms with Crippen LogP contribution in [0.1, 0.15) is 6.92 Å². The Hall–Kier alpha value is -3.42. The second-order valence-electron chi connectivity index (χ2n) is 1.60. The first-order valence-electron chi connectivity index (χ1n) is 3.76. The van der Waals surface area contributed by atoms with Crippen LogP contribution in [0.3, 0.4) is 0 Å². The number of methoxy groups -OCH3 is 1. The molecule has 1 N–H and O–H groups in total. The average molecular weight is 763 g/mol. The molecule has 0 bridgehead atoms. The number of ether oxygens (including phenoxy) is 2. The molecule has 9 heteroatoms. The van der Waals surface area contributed by atoms with Crippen molar-refractivity contribution in [3.05, 3.63) is 38.5 Å². The zero-order chi connectivity index (χ0) is 13.4. The Morgan fingerprint density at radius 1 is 1.33 bits per heavy atom. The van der Waals surface area contributed by atoms with E-state index in [4.69, 9.17) is 10.8 Å². The van der Waals surface area contributed by atoms with Crippen LogP contribution in [0.2, 0.25) is 0 Å². The van der Waals surface area contributed by atoms with Gasteiger partial charge in [0.1, 0.15) is 0 Å². The molecule has 0 aliphatic rings. The predicted molar refractivity (Wildman–Crippen MR) is 58.6 cm³/mol. The Morgan fingerprint density at radius 2 is 1.72 bits per heavy atom. The molecule has 0 saturated carbocycles. The van der Waals surface area contributed by atoms with Gasteiger partial charge in [0.05, 0.1) is 0 Å². The molecule has 0 aromatic heterocycles. The van der Waals surface area contributed by atoms with Crippen molar-refractivity contribution in [3.63, 3.8) is 0 Å². The molecule has 0 fully saturated rings. The first-order chi connectivity index (χ1) is 7.66. The smallest absolute Gasteiger partial charge is 0.234 e. The van der Waals surface area contributed by atoms with E-state index < -0.39 is 5.91 Å². The molecule has 7 nitrogen and oxygen atoms in total. The van der Waals surface area contributed by atoms with Gasteiger partial charge in [-0.05, 0) is 17.8 Å². The molecule has 0 amide bonds. The first-order valence-corrected chi connectivity index (χ1v) is 3.76. The van der Waals surface area contributed by atoms with Crippen molar-refractivity contribution in [1.29, 1.82) is 0 Å². The summed E-state index contributed by atoms with van der Waals surface area (Å²) in [6, 6.07) is 0. The Balaban J connectivity index is -0.0000000704. The number of rotatable bonds is 3. The largest absolute Gasteiger partial charge is 0.557 e. The monoisotopic (exact) mass is 763 g/mol. The van der Waals surface area contributed by atoms with Crippen LogP contribution in [-0.2, 0) is 14.4 Å². The molecule has 0 aliphatic carbocycles. The molecule has 1 unspecified atom stereocenters. The Labute approximate surface area is 95.9 Å². The molecule has 1 atom stereocenters. The number of hydrogen-bond acceptors (Lipinski definition) is 5. The van der Waals surface area contributed by atoms with E-state index in [0.717, 1.165) is 0 Å². The maximum atomic E-state index is 8.18. The molecule has 0 radical (unpaired) electrons. The van der Waals surface area contributed by atoms with E-state index in [0.29, 0.717) is 0 Å². The molecule has 0 aromatic rings. The number of azide groups is 1. The summed E-state index contributed by atoms with van der Waals surface area (Å²) in [6.07, 6.45) is 0. The van der Waals surface area contributed by atoms with Crippen molar-refractivity contribution in [1.82, 2.24) is 0 Å². The van der Waals surface area contributed by atoms with E-state index in [1.165, 1.54) is 7.11 Å². The first kappa shape index (κ1) is 29.3. The fourth-order valence-electron chi connectivity index (χ4n) is 0.328. The van der Waals surface area contributed by atoms with Gasteiger partial charge in [-0.15, -0.1) is 0 Å². The van der Waals surface area contributed by atoms with Crippen molar-refractivity contribution < 1.29 is 19.6 Å². The summed E-state index contributed by atoms with van der Waals surface area (Å²) in [6.45, 7) is 8.11. The van der Waals surface area contributed by atoms with Gasteiger partial charge in [-0.3, -0.25) is 11.8 Å². The number of hydrogen-bond donors (Lipinski definition) is 1. The van der Waals surface area contributed by atoms with Crippen molar-refractivity contribution >= 4 is 0 Å². The van der Waals surface area contributed by atoms with Gasteiger partial charge in [0.2, 0.25) is 5.91 Å². The van der Waals surface area contributed by atoms with Crippen LogP contribution in [0, 0.1) is 39.9 Å². The van der Waals surface area contributed by atoms with Gasteiger partial charge in [0.15, 0.2) is 0 Å². The average Bonchev–Trinajstić information content (AvgIpc) is 2.32. The third kappa shape index (κ3) is 15.1. The Kier molecular flexibility index (Phi) is 38.1. The summed E-state index contributed by atoms with van der Waals surface area (Å²) in [5, 5.41) is 11.1. The van der Waals surface area contributed by atoms with E-state index in [9.17, 15) is 0 Å². The van der Waals surface area contributed by atoms with Crippen LogP contribution in [0.25, 0.3) is 10.4 Å². The molecule has 0 heterocycles. The van der Waals surface area contributed by atoms with Crippen molar-refractivity contribution in [3.8, 4) is 11.8 Å². The topological polar surface area (TPSA) is 96.7 Å². The van der Waals surface area contributed by atoms with Crippen molar-refractivity contribution in [2.75, 3.05) is 7.11 Å². The minimum Gasteiger partial charge on any atom is -0.557 e. The third-order valence-electron chi connectivity index (χ3n) is 0.742. The molecule has 0 spiro atoms. The zero-order valence-corrected chi connectivity index (χ0v) is 23.6. The fraction of sp³-hybridized carbons (Fsp3) is 0.333. The van der Waals surface area contributed by atoms with Gasteiger partial charge in [0.25, 0.3) is 0 Å². The van der Waals surface area contributed by atoms with Gasteiger partial charge in [-0.2, -0.15) is 13.8 Å². The van der Waals surface area contributed by atoms with Gasteiger partial charge >= 0.3 is 0 Å². The summed E-state index contributed by atoms with van der Waals surface area (Å²) < 4.78 is 8.21. The molecule has 18 heavy (non-hydrogen) atoms. The summed E-state index contributed by atoms with van der Waals surface area (Å²) >= 11 is 0. The zero-order valence-electron chi connectivity index (χ0n) is 10.8. The second kappa shape index (κ2) is 23.4. The van der Waals surface area contributed by atoms with E-state index in [2.05, 4.69) is 64.3 Å². The van der Waals surface area contributed by atoms with Crippen LogP contribution >= 0.6 is 0 Å². The van der Waals surface area contributed by atoms with Crippen LogP contribution < -0.4 is 0 Å². The second-order valence-corrected chi connectivity index (χ2v) is 1.60. The maximum absolute atomic E-state index is 8.18. The molecule has 0 aromatic carbocycles. The van der Waals surface area contributed by atoms with Gasteiger partial charge in [-0.1, -0.05) is 0 Å². The molecule has 0 aliphatic heterocycles. The van der Waals surface area contributed by atoms with Crippen LogP contribution in [0.4, 0.5) is 0 Å². The van der Waals surface area contributed by atoms with Gasteiger partial charge in [-0.25, -0.2) is 24.4 Å². The molecule has 98 valence electrons. The van der Waals surface area contributed by atoms with Crippen molar-refractivity contribution in [2.45, 2.75) is 12.8 Å². The SMILES string of the molecule is [CH2-]C.[CH2-]C#CC(N=[N+]=[N-])(O[CH2-])OO.[CH2-]OC.[Rf].[Rf]. The minimum atomic E-state index is -2.09. The van der Waals surface area contributed by atoms with Gasteiger partial charge < -0.3 is 16.4 Å². The summed E-state index contributed by atoms with van der Waals surface area (Å²) in [4.78, 5) is 5.96. The van der Waals surface area contributed by atoms with Crippen LogP contribution in [0.5, 0.6) is 0 Å². The summed E-state index contributed by atoms with van der Waals surface area (Å²) in [7, 11) is 7.39. The normalized spacial score (nSPS) is 9.67. The van der Waals surface area contributed by atoms with Crippen LogP contribution in [-0.4, -0.2) is 18.3 Å². The Morgan fingerprint density at radius 3 is 1.89 bits per heavy atom. The fourth-order valence-corrected chi connectivity index (χ4v) is 0.328.